The normalized spacial score (nSPS) is 17.8. The van der Waals surface area contributed by atoms with Crippen molar-refractivity contribution >= 4 is 5.91 Å². The van der Waals surface area contributed by atoms with E-state index in [4.69, 9.17) is 0 Å². The largest absolute Gasteiger partial charge is 0.274 e. The Morgan fingerprint density at radius 3 is 2.82 bits per heavy atom. The predicted molar refractivity (Wildman–Crippen MR) is 87.9 cm³/mol. The zero-order chi connectivity index (χ0) is 15.5. The van der Waals surface area contributed by atoms with Gasteiger partial charge in [0.2, 0.25) is 5.91 Å². The molecular formula is C19H22N2O. The summed E-state index contributed by atoms with van der Waals surface area (Å²) in [7, 11) is 0. The van der Waals surface area contributed by atoms with Crippen LogP contribution >= 0.6 is 0 Å². The molecule has 1 atom stereocenters. The molecule has 0 saturated carbocycles. The Kier molecular flexibility index (Phi) is 4.23. The molecule has 0 aliphatic heterocycles. The van der Waals surface area contributed by atoms with Gasteiger partial charge in [-0.15, -0.1) is 0 Å². The van der Waals surface area contributed by atoms with Crippen molar-refractivity contribution in [2.75, 3.05) is 0 Å². The molecule has 1 heterocycles. The highest BCUT2D eigenvalue weighted by atomic mass is 16.2. The maximum absolute atomic E-state index is 12.7. The van der Waals surface area contributed by atoms with Crippen LogP contribution in [0.4, 0.5) is 0 Å². The van der Waals surface area contributed by atoms with Gasteiger partial charge in [-0.2, -0.15) is 0 Å². The third kappa shape index (κ3) is 3.03. The lowest BCUT2D eigenvalue weighted by molar-refractivity contribution is 0.0887. The average Bonchev–Trinajstić information content (AvgIpc) is 2.90. The van der Waals surface area contributed by atoms with Gasteiger partial charge in [-0.25, -0.2) is 0 Å². The van der Waals surface area contributed by atoms with E-state index in [-0.39, 0.29) is 11.9 Å². The molecule has 3 heteroatoms. The molecule has 2 aromatic rings. The zero-order valence-electron chi connectivity index (χ0n) is 13.2. The first-order valence-electron chi connectivity index (χ1n) is 7.97. The molecule has 1 unspecified atom stereocenters. The van der Waals surface area contributed by atoms with Gasteiger partial charge in [-0.1, -0.05) is 30.3 Å². The summed E-state index contributed by atoms with van der Waals surface area (Å²) >= 11 is 0. The molecule has 0 bridgehead atoms. The minimum Gasteiger partial charge on any atom is -0.274 e. The first-order chi connectivity index (χ1) is 10.6. The molecule has 3 nitrogen and oxygen atoms in total. The Labute approximate surface area is 131 Å². The fraction of sp³-hybridized carbons (Fsp3) is 0.368. The number of aromatic nitrogens is 1. The third-order valence-electron chi connectivity index (χ3n) is 4.18. The molecule has 1 aliphatic rings. The van der Waals surface area contributed by atoms with Crippen molar-refractivity contribution in [3.05, 3.63) is 65.3 Å². The number of nitrogens with zero attached hydrogens (tertiary/aromatic N) is 2. The SMILES string of the molecule is CC(C)N=c1ccccn1C(=O)CC1CCc2ccccc21. The third-order valence-corrected chi connectivity index (χ3v) is 4.18. The smallest absolute Gasteiger partial charge is 0.232 e. The number of carbonyl (C=O) groups is 1. The summed E-state index contributed by atoms with van der Waals surface area (Å²) in [5, 5.41) is 0. The maximum Gasteiger partial charge on any atom is 0.232 e. The Balaban J connectivity index is 1.85. The van der Waals surface area contributed by atoms with Gasteiger partial charge >= 0.3 is 0 Å². The molecule has 1 aromatic heterocycles. The van der Waals surface area contributed by atoms with Crippen molar-refractivity contribution in [2.45, 2.75) is 45.1 Å². The number of benzene rings is 1. The van der Waals surface area contributed by atoms with Gasteiger partial charge in [0, 0.05) is 18.7 Å². The van der Waals surface area contributed by atoms with Gasteiger partial charge in [0.15, 0.2) is 0 Å². The highest BCUT2D eigenvalue weighted by Gasteiger charge is 2.24. The first-order valence-corrected chi connectivity index (χ1v) is 7.97. The van der Waals surface area contributed by atoms with E-state index < -0.39 is 0 Å². The van der Waals surface area contributed by atoms with Crippen LogP contribution in [0.25, 0.3) is 0 Å². The molecule has 114 valence electrons. The Morgan fingerprint density at radius 2 is 2.00 bits per heavy atom. The van der Waals surface area contributed by atoms with E-state index in [1.165, 1.54) is 11.1 Å². The summed E-state index contributed by atoms with van der Waals surface area (Å²) in [5.41, 5.74) is 3.48. The molecule has 0 N–H and O–H groups in total. The fourth-order valence-corrected chi connectivity index (χ4v) is 3.18. The Morgan fingerprint density at radius 1 is 1.23 bits per heavy atom. The molecule has 0 saturated heterocycles. The number of fused-ring (bicyclic) bond motifs is 1. The fourth-order valence-electron chi connectivity index (χ4n) is 3.18. The van der Waals surface area contributed by atoms with Crippen LogP contribution < -0.4 is 5.49 Å². The lowest BCUT2D eigenvalue weighted by Crippen LogP contribution is -2.28. The molecule has 0 fully saturated rings. The number of pyridine rings is 1. The average molecular weight is 294 g/mol. The lowest BCUT2D eigenvalue weighted by Gasteiger charge is -2.12. The predicted octanol–water partition coefficient (Wildman–Crippen LogP) is 3.56. The molecule has 3 rings (SSSR count). The van der Waals surface area contributed by atoms with Gasteiger partial charge in [0.25, 0.3) is 0 Å². The van der Waals surface area contributed by atoms with Crippen LogP contribution in [0.2, 0.25) is 0 Å². The monoisotopic (exact) mass is 294 g/mol. The molecular weight excluding hydrogens is 272 g/mol. The summed E-state index contributed by atoms with van der Waals surface area (Å²) in [6.07, 6.45) is 4.52. The first kappa shape index (κ1) is 14.8. The van der Waals surface area contributed by atoms with Crippen molar-refractivity contribution in [2.24, 2.45) is 4.99 Å². The molecule has 1 aromatic carbocycles. The van der Waals surface area contributed by atoms with Crippen molar-refractivity contribution in [3.63, 3.8) is 0 Å². The van der Waals surface area contributed by atoms with E-state index >= 15 is 0 Å². The molecule has 1 aliphatic carbocycles. The van der Waals surface area contributed by atoms with Gasteiger partial charge in [-0.3, -0.25) is 14.4 Å². The van der Waals surface area contributed by atoms with E-state index in [9.17, 15) is 4.79 Å². The van der Waals surface area contributed by atoms with Crippen LogP contribution in [0.15, 0.2) is 53.7 Å². The highest BCUT2D eigenvalue weighted by molar-refractivity contribution is 5.79. The van der Waals surface area contributed by atoms with E-state index in [1.807, 2.05) is 38.2 Å². The van der Waals surface area contributed by atoms with Crippen molar-refractivity contribution < 1.29 is 4.79 Å². The van der Waals surface area contributed by atoms with Crippen molar-refractivity contribution in [1.29, 1.82) is 0 Å². The van der Waals surface area contributed by atoms with E-state index in [0.717, 1.165) is 18.3 Å². The summed E-state index contributed by atoms with van der Waals surface area (Å²) in [6.45, 7) is 4.05. The quantitative estimate of drug-likeness (QED) is 0.852. The summed E-state index contributed by atoms with van der Waals surface area (Å²) < 4.78 is 1.70. The van der Waals surface area contributed by atoms with Gasteiger partial charge in [0.1, 0.15) is 5.49 Å². The topological polar surface area (TPSA) is 34.4 Å². The second-order valence-corrected chi connectivity index (χ2v) is 6.18. The maximum atomic E-state index is 12.7. The number of hydrogen-bond acceptors (Lipinski definition) is 2. The van der Waals surface area contributed by atoms with Crippen molar-refractivity contribution in [1.82, 2.24) is 4.57 Å². The highest BCUT2D eigenvalue weighted by Crippen LogP contribution is 2.35. The van der Waals surface area contributed by atoms with Crippen LogP contribution in [0.3, 0.4) is 0 Å². The lowest BCUT2D eigenvalue weighted by atomic mass is 9.97. The van der Waals surface area contributed by atoms with E-state index in [1.54, 1.807) is 4.57 Å². The van der Waals surface area contributed by atoms with E-state index in [2.05, 4.69) is 29.3 Å². The van der Waals surface area contributed by atoms with Crippen LogP contribution in [-0.4, -0.2) is 16.5 Å². The van der Waals surface area contributed by atoms with Crippen LogP contribution in [-0.2, 0) is 6.42 Å². The van der Waals surface area contributed by atoms with Crippen LogP contribution in [0.5, 0.6) is 0 Å². The van der Waals surface area contributed by atoms with Crippen molar-refractivity contribution in [3.8, 4) is 0 Å². The van der Waals surface area contributed by atoms with Crippen LogP contribution in [0, 0.1) is 0 Å². The van der Waals surface area contributed by atoms with Gasteiger partial charge < -0.3 is 0 Å². The van der Waals surface area contributed by atoms with E-state index in [0.29, 0.717) is 12.3 Å². The Bertz CT molecular complexity index is 743. The standard InChI is InChI=1S/C19H22N2O/c1-14(2)20-18-9-5-6-12-21(18)19(22)13-16-11-10-15-7-3-4-8-17(15)16/h3-9,12,14,16H,10-11,13H2,1-2H3. The summed E-state index contributed by atoms with van der Waals surface area (Å²) in [6, 6.07) is 14.4. The molecule has 0 radical (unpaired) electrons. The summed E-state index contributed by atoms with van der Waals surface area (Å²) in [4.78, 5) is 17.3. The second kappa shape index (κ2) is 6.30. The summed E-state index contributed by atoms with van der Waals surface area (Å²) in [5.74, 6) is 0.463. The van der Waals surface area contributed by atoms with Gasteiger partial charge in [-0.05, 0) is 55.9 Å². The van der Waals surface area contributed by atoms with Crippen LogP contribution in [0.1, 0.15) is 48.5 Å². The Hall–Kier alpha value is -2.16. The second-order valence-electron chi connectivity index (χ2n) is 6.18. The number of hydrogen-bond donors (Lipinski definition) is 0. The molecule has 0 amide bonds. The zero-order valence-corrected chi connectivity index (χ0v) is 13.2. The number of carbonyl (C=O) groups excluding carboxylic acids is 1. The minimum absolute atomic E-state index is 0.127. The molecule has 22 heavy (non-hydrogen) atoms. The number of aryl methyl sites for hydroxylation is 1. The number of rotatable bonds is 3. The molecule has 0 spiro atoms. The van der Waals surface area contributed by atoms with Gasteiger partial charge in [0.05, 0.1) is 0 Å². The minimum atomic E-state index is 0.127.